The average Bonchev–Trinajstić information content (AvgIpc) is 2.49. The van der Waals surface area contributed by atoms with Gasteiger partial charge in [-0.25, -0.2) is 4.57 Å². The van der Waals surface area contributed by atoms with Gasteiger partial charge in [0.2, 0.25) is 0 Å². The zero-order valence-corrected chi connectivity index (χ0v) is 17.2. The molecule has 0 aliphatic carbocycles. The van der Waals surface area contributed by atoms with Crippen molar-refractivity contribution in [2.75, 3.05) is 6.61 Å². The van der Waals surface area contributed by atoms with Gasteiger partial charge in [0.1, 0.15) is 11.6 Å². The van der Waals surface area contributed by atoms with Crippen LogP contribution in [0.5, 0.6) is 0 Å². The molecule has 2 N–H and O–H groups in total. The second-order valence-electron chi connectivity index (χ2n) is 8.38. The molecule has 0 amide bonds. The van der Waals surface area contributed by atoms with Gasteiger partial charge < -0.3 is 9.79 Å². The third-order valence-electron chi connectivity index (χ3n) is 4.65. The molecule has 0 saturated heterocycles. The van der Waals surface area contributed by atoms with Gasteiger partial charge in [0.05, 0.1) is 6.61 Å². The van der Waals surface area contributed by atoms with Crippen molar-refractivity contribution in [3.05, 3.63) is 0 Å². The minimum Gasteiger partial charge on any atom is -0.303 e. The summed E-state index contributed by atoms with van der Waals surface area (Å²) in [6, 6.07) is 0. The summed E-state index contributed by atoms with van der Waals surface area (Å²) in [6.45, 7) is 9.93. The Balaban J connectivity index is 3.97. The molecule has 0 bridgehead atoms. The number of carbonyl (C=O) groups is 2. The van der Waals surface area contributed by atoms with Crippen molar-refractivity contribution in [2.24, 2.45) is 10.8 Å². The monoisotopic (exact) mass is 378 g/mol. The van der Waals surface area contributed by atoms with Crippen LogP contribution in [0.4, 0.5) is 0 Å². The Morgan fingerprint density at radius 3 is 1.72 bits per heavy atom. The summed E-state index contributed by atoms with van der Waals surface area (Å²) < 4.78 is 15.2. The van der Waals surface area contributed by atoms with Gasteiger partial charge in [0.25, 0.3) is 0 Å². The topological polar surface area (TPSA) is 101 Å². The SMILES string of the molecule is CCC(C)(C)CCC(=O)CCCC(=O)CCC(C)(C)COP(=O)(O)O. The molecular formula is C18H35O6P. The lowest BCUT2D eigenvalue weighted by Crippen LogP contribution is -2.20. The minimum atomic E-state index is -4.48. The number of phosphoric ester groups is 1. The Labute approximate surface area is 152 Å². The minimum absolute atomic E-state index is 0.0749. The van der Waals surface area contributed by atoms with Crippen LogP contribution in [0, 0.1) is 10.8 Å². The Morgan fingerprint density at radius 2 is 1.32 bits per heavy atom. The van der Waals surface area contributed by atoms with E-state index < -0.39 is 13.2 Å². The van der Waals surface area contributed by atoms with Crippen LogP contribution >= 0.6 is 7.82 Å². The Morgan fingerprint density at radius 1 is 0.880 bits per heavy atom. The molecule has 0 rings (SSSR count). The van der Waals surface area contributed by atoms with Gasteiger partial charge >= 0.3 is 7.82 Å². The summed E-state index contributed by atoms with van der Waals surface area (Å²) in [5.74, 6) is 0.288. The number of carbonyl (C=O) groups excluding carboxylic acids is 2. The first-order chi connectivity index (χ1) is 11.3. The fourth-order valence-electron chi connectivity index (χ4n) is 2.20. The summed E-state index contributed by atoms with van der Waals surface area (Å²) in [6.07, 6.45) is 4.70. The maximum atomic E-state index is 11.9. The lowest BCUT2D eigenvalue weighted by Gasteiger charge is -2.24. The molecule has 7 heteroatoms. The predicted molar refractivity (Wildman–Crippen MR) is 98.2 cm³/mol. The molecule has 0 fully saturated rings. The van der Waals surface area contributed by atoms with E-state index >= 15 is 0 Å². The smallest absolute Gasteiger partial charge is 0.303 e. The van der Waals surface area contributed by atoms with Gasteiger partial charge in [-0.15, -0.1) is 0 Å². The number of Topliss-reactive ketones (excluding diaryl/α,β-unsaturated/α-hetero) is 2. The summed E-state index contributed by atoms with van der Waals surface area (Å²) in [4.78, 5) is 41.3. The summed E-state index contributed by atoms with van der Waals surface area (Å²) in [5.41, 5.74) is -0.301. The molecule has 148 valence electrons. The summed E-state index contributed by atoms with van der Waals surface area (Å²) >= 11 is 0. The standard InChI is InChI=1S/C18H35O6P/c1-6-17(2,3)12-10-15(19)8-7-9-16(20)11-13-18(4,5)14-24-25(21,22)23/h6-14H2,1-5H3,(H2,21,22,23). The van der Waals surface area contributed by atoms with Crippen LogP contribution in [0.15, 0.2) is 0 Å². The largest absolute Gasteiger partial charge is 0.469 e. The number of hydrogen-bond donors (Lipinski definition) is 2. The van der Waals surface area contributed by atoms with Crippen LogP contribution in [-0.2, 0) is 18.7 Å². The molecule has 0 aliphatic rings. The van der Waals surface area contributed by atoms with Crippen LogP contribution < -0.4 is 0 Å². The van der Waals surface area contributed by atoms with Crippen molar-refractivity contribution in [2.45, 2.75) is 86.0 Å². The highest BCUT2D eigenvalue weighted by molar-refractivity contribution is 7.46. The molecule has 0 radical (unpaired) electrons. The Kier molecular flexibility index (Phi) is 10.3. The quantitative estimate of drug-likeness (QED) is 0.434. The molecule has 0 aromatic heterocycles. The number of hydrogen-bond acceptors (Lipinski definition) is 4. The summed E-state index contributed by atoms with van der Waals surface area (Å²) in [5, 5.41) is 0. The molecule has 0 spiro atoms. The first kappa shape index (κ1) is 24.5. The molecule has 0 aromatic rings. The molecule has 0 saturated carbocycles. The van der Waals surface area contributed by atoms with E-state index in [1.807, 2.05) is 0 Å². The zero-order valence-electron chi connectivity index (χ0n) is 16.3. The van der Waals surface area contributed by atoms with E-state index in [2.05, 4.69) is 25.3 Å². The van der Waals surface area contributed by atoms with Gasteiger partial charge in [-0.2, -0.15) is 0 Å². The number of phosphoric acid groups is 1. The molecule has 6 nitrogen and oxygen atoms in total. The summed E-state index contributed by atoms with van der Waals surface area (Å²) in [7, 11) is -4.48. The van der Waals surface area contributed by atoms with E-state index in [0.29, 0.717) is 38.5 Å². The highest BCUT2D eigenvalue weighted by atomic mass is 31.2. The predicted octanol–water partition coefficient (Wildman–Crippen LogP) is 4.43. The van der Waals surface area contributed by atoms with Gasteiger partial charge in [-0.3, -0.25) is 14.1 Å². The van der Waals surface area contributed by atoms with Crippen molar-refractivity contribution in [3.63, 3.8) is 0 Å². The van der Waals surface area contributed by atoms with E-state index in [9.17, 15) is 14.2 Å². The normalized spacial score (nSPS) is 13.1. The van der Waals surface area contributed by atoms with E-state index in [1.165, 1.54) is 0 Å². The van der Waals surface area contributed by atoms with Gasteiger partial charge in [0.15, 0.2) is 0 Å². The zero-order chi connectivity index (χ0) is 19.7. The van der Waals surface area contributed by atoms with Crippen molar-refractivity contribution in [3.8, 4) is 0 Å². The molecule has 25 heavy (non-hydrogen) atoms. The molecule has 0 aromatic carbocycles. The molecule has 0 unspecified atom stereocenters. The van der Waals surface area contributed by atoms with Crippen molar-refractivity contribution >= 4 is 19.4 Å². The lowest BCUT2D eigenvalue weighted by molar-refractivity contribution is -0.121. The third kappa shape index (κ3) is 14.3. The molecule has 0 atom stereocenters. The van der Waals surface area contributed by atoms with Gasteiger partial charge in [-0.05, 0) is 30.1 Å². The van der Waals surface area contributed by atoms with E-state index in [1.54, 1.807) is 13.8 Å². The maximum absolute atomic E-state index is 11.9. The first-order valence-corrected chi connectivity index (χ1v) is 10.5. The first-order valence-electron chi connectivity index (χ1n) is 9.00. The maximum Gasteiger partial charge on any atom is 0.469 e. The lowest BCUT2D eigenvalue weighted by atomic mass is 9.84. The van der Waals surface area contributed by atoms with Gasteiger partial charge in [-0.1, -0.05) is 41.0 Å². The Hall–Kier alpha value is -0.550. The second kappa shape index (κ2) is 10.6. The number of ketones is 2. The second-order valence-corrected chi connectivity index (χ2v) is 9.62. The van der Waals surface area contributed by atoms with E-state index in [4.69, 9.17) is 9.79 Å². The molecular weight excluding hydrogens is 343 g/mol. The van der Waals surface area contributed by atoms with Crippen molar-refractivity contribution < 1.29 is 28.5 Å². The van der Waals surface area contributed by atoms with E-state index in [-0.39, 0.29) is 23.6 Å². The average molecular weight is 378 g/mol. The van der Waals surface area contributed by atoms with E-state index in [0.717, 1.165) is 12.8 Å². The molecule has 0 heterocycles. The Bertz CT molecular complexity index is 478. The fourth-order valence-corrected chi connectivity index (χ4v) is 2.71. The highest BCUT2D eigenvalue weighted by Gasteiger charge is 2.24. The van der Waals surface area contributed by atoms with Crippen LogP contribution in [0.3, 0.4) is 0 Å². The van der Waals surface area contributed by atoms with Crippen LogP contribution in [0.2, 0.25) is 0 Å². The van der Waals surface area contributed by atoms with Crippen molar-refractivity contribution in [1.29, 1.82) is 0 Å². The van der Waals surface area contributed by atoms with Crippen LogP contribution in [0.1, 0.15) is 86.0 Å². The third-order valence-corrected chi connectivity index (χ3v) is 5.12. The fraction of sp³-hybridized carbons (Fsp3) is 0.889. The highest BCUT2D eigenvalue weighted by Crippen LogP contribution is 2.39. The number of rotatable bonds is 14. The van der Waals surface area contributed by atoms with Crippen LogP contribution in [-0.4, -0.2) is 28.0 Å². The van der Waals surface area contributed by atoms with Crippen molar-refractivity contribution in [1.82, 2.24) is 0 Å². The van der Waals surface area contributed by atoms with Gasteiger partial charge in [0, 0.05) is 25.7 Å². The van der Waals surface area contributed by atoms with Crippen LogP contribution in [0.25, 0.3) is 0 Å². The molecule has 0 aliphatic heterocycles.